The van der Waals surface area contributed by atoms with Gasteiger partial charge in [-0.15, -0.1) is 0 Å². The van der Waals surface area contributed by atoms with Crippen LogP contribution < -0.4 is 5.73 Å². The Hall–Kier alpha value is -0.830. The minimum atomic E-state index is 0.0193. The molecule has 2 N–H and O–H groups in total. The Morgan fingerprint density at radius 3 is 2.58 bits per heavy atom. The molecule has 1 aliphatic rings. The highest BCUT2D eigenvalue weighted by atomic mass is 79.9. The minimum absolute atomic E-state index is 0.0193. The van der Waals surface area contributed by atoms with Gasteiger partial charge in [-0.2, -0.15) is 0 Å². The van der Waals surface area contributed by atoms with E-state index in [1.807, 2.05) is 24.3 Å². The number of rotatable bonds is 3. The van der Waals surface area contributed by atoms with Crippen molar-refractivity contribution in [2.75, 3.05) is 0 Å². The first-order chi connectivity index (χ1) is 9.16. The molecule has 0 heterocycles. The van der Waals surface area contributed by atoms with E-state index in [1.165, 1.54) is 5.56 Å². The van der Waals surface area contributed by atoms with Crippen LogP contribution in [-0.2, 0) is 0 Å². The van der Waals surface area contributed by atoms with Crippen molar-refractivity contribution in [1.82, 2.24) is 0 Å². The summed E-state index contributed by atoms with van der Waals surface area (Å²) >= 11 is 9.70. The molecule has 3 atom stereocenters. The second-order valence-electron chi connectivity index (χ2n) is 5.11. The zero-order valence-corrected chi connectivity index (χ0v) is 12.7. The summed E-state index contributed by atoms with van der Waals surface area (Å²) in [6.07, 6.45) is 1.15. The van der Waals surface area contributed by atoms with Crippen molar-refractivity contribution in [3.63, 3.8) is 0 Å². The van der Waals surface area contributed by atoms with Crippen molar-refractivity contribution in [2.45, 2.75) is 18.4 Å². The van der Waals surface area contributed by atoms with Crippen LogP contribution in [0.1, 0.15) is 29.5 Å². The van der Waals surface area contributed by atoms with Gasteiger partial charge in [0.25, 0.3) is 0 Å². The molecular formula is C16H15BrClN. The summed E-state index contributed by atoms with van der Waals surface area (Å²) in [5.74, 6) is 1.08. The van der Waals surface area contributed by atoms with Crippen molar-refractivity contribution < 1.29 is 0 Å². The number of halogens is 2. The van der Waals surface area contributed by atoms with Gasteiger partial charge in [0.1, 0.15) is 0 Å². The quantitative estimate of drug-likeness (QED) is 0.847. The van der Waals surface area contributed by atoms with E-state index >= 15 is 0 Å². The first-order valence-corrected chi connectivity index (χ1v) is 7.59. The first-order valence-electron chi connectivity index (χ1n) is 6.42. The molecule has 1 fully saturated rings. The van der Waals surface area contributed by atoms with Crippen LogP contribution in [0.15, 0.2) is 53.0 Å². The Labute approximate surface area is 126 Å². The van der Waals surface area contributed by atoms with E-state index in [4.69, 9.17) is 17.3 Å². The molecule has 0 amide bonds. The summed E-state index contributed by atoms with van der Waals surface area (Å²) in [5.41, 5.74) is 8.81. The molecule has 1 saturated carbocycles. The van der Waals surface area contributed by atoms with Gasteiger partial charge in [0, 0.05) is 15.5 Å². The zero-order valence-electron chi connectivity index (χ0n) is 10.4. The molecule has 3 heteroatoms. The highest BCUT2D eigenvalue weighted by Gasteiger charge is 2.43. The summed E-state index contributed by atoms with van der Waals surface area (Å²) < 4.78 is 0.990. The second kappa shape index (κ2) is 5.28. The van der Waals surface area contributed by atoms with Gasteiger partial charge in [0.05, 0.1) is 0 Å². The first kappa shape index (κ1) is 13.2. The van der Waals surface area contributed by atoms with Gasteiger partial charge in [-0.3, -0.25) is 0 Å². The van der Waals surface area contributed by atoms with Crippen LogP contribution in [0.5, 0.6) is 0 Å². The molecular weight excluding hydrogens is 322 g/mol. The molecule has 0 bridgehead atoms. The lowest BCUT2D eigenvalue weighted by Gasteiger charge is -2.14. The normalized spacial score (nSPS) is 23.1. The molecule has 0 saturated heterocycles. The molecule has 3 unspecified atom stereocenters. The molecule has 19 heavy (non-hydrogen) atoms. The minimum Gasteiger partial charge on any atom is -0.324 e. The third-order valence-electron chi connectivity index (χ3n) is 3.85. The van der Waals surface area contributed by atoms with E-state index in [9.17, 15) is 0 Å². The van der Waals surface area contributed by atoms with Crippen molar-refractivity contribution in [3.05, 3.63) is 69.2 Å². The van der Waals surface area contributed by atoms with Crippen LogP contribution in [0, 0.1) is 5.92 Å². The van der Waals surface area contributed by atoms with Gasteiger partial charge >= 0.3 is 0 Å². The smallest absolute Gasteiger partial charge is 0.0465 e. The average Bonchev–Trinajstić information content (AvgIpc) is 3.19. The van der Waals surface area contributed by atoms with Gasteiger partial charge in [0.15, 0.2) is 0 Å². The SMILES string of the molecule is NC(c1ccc(Br)cc1Cl)C1CC1c1ccccc1. The maximum atomic E-state index is 6.38. The lowest BCUT2D eigenvalue weighted by atomic mass is 9.99. The predicted molar refractivity (Wildman–Crippen MR) is 83.4 cm³/mol. The topological polar surface area (TPSA) is 26.0 Å². The Balaban J connectivity index is 1.78. The standard InChI is InChI=1S/C16H15BrClN/c17-11-6-7-12(15(18)8-11)16(19)14-9-13(14)10-4-2-1-3-5-10/h1-8,13-14,16H,9,19H2. The summed E-state index contributed by atoms with van der Waals surface area (Å²) in [6.45, 7) is 0. The lowest BCUT2D eigenvalue weighted by Crippen LogP contribution is -2.14. The third-order valence-corrected chi connectivity index (χ3v) is 4.67. The van der Waals surface area contributed by atoms with E-state index < -0.39 is 0 Å². The van der Waals surface area contributed by atoms with Crippen LogP contribution in [0.3, 0.4) is 0 Å². The molecule has 0 aromatic heterocycles. The number of benzene rings is 2. The highest BCUT2D eigenvalue weighted by Crippen LogP contribution is 2.53. The van der Waals surface area contributed by atoms with Gasteiger partial charge < -0.3 is 5.73 Å². The lowest BCUT2D eigenvalue weighted by molar-refractivity contribution is 0.616. The van der Waals surface area contributed by atoms with E-state index in [1.54, 1.807) is 0 Å². The monoisotopic (exact) mass is 335 g/mol. The fourth-order valence-corrected chi connectivity index (χ4v) is 3.50. The summed E-state index contributed by atoms with van der Waals surface area (Å²) in [4.78, 5) is 0. The fourth-order valence-electron chi connectivity index (χ4n) is 2.70. The van der Waals surface area contributed by atoms with Crippen molar-refractivity contribution in [3.8, 4) is 0 Å². The van der Waals surface area contributed by atoms with Crippen LogP contribution in [-0.4, -0.2) is 0 Å². The Bertz CT molecular complexity index is 585. The summed E-state index contributed by atoms with van der Waals surface area (Å²) in [7, 11) is 0. The number of hydrogen-bond acceptors (Lipinski definition) is 1. The predicted octanol–water partition coefficient (Wildman–Crippen LogP) is 4.91. The highest BCUT2D eigenvalue weighted by molar-refractivity contribution is 9.10. The van der Waals surface area contributed by atoms with Crippen LogP contribution in [0.25, 0.3) is 0 Å². The van der Waals surface area contributed by atoms with Gasteiger partial charge in [0.2, 0.25) is 0 Å². The van der Waals surface area contributed by atoms with Crippen molar-refractivity contribution >= 4 is 27.5 Å². The molecule has 0 spiro atoms. The van der Waals surface area contributed by atoms with E-state index in [-0.39, 0.29) is 6.04 Å². The van der Waals surface area contributed by atoms with E-state index in [0.29, 0.717) is 11.8 Å². The van der Waals surface area contributed by atoms with Gasteiger partial charge in [-0.1, -0.05) is 63.9 Å². The number of hydrogen-bond donors (Lipinski definition) is 1. The zero-order chi connectivity index (χ0) is 13.4. The molecule has 1 aliphatic carbocycles. The van der Waals surface area contributed by atoms with Crippen molar-refractivity contribution in [1.29, 1.82) is 0 Å². The van der Waals surface area contributed by atoms with Crippen molar-refractivity contribution in [2.24, 2.45) is 11.7 Å². The molecule has 0 aliphatic heterocycles. The van der Waals surface area contributed by atoms with Crippen LogP contribution in [0.2, 0.25) is 5.02 Å². The molecule has 98 valence electrons. The van der Waals surface area contributed by atoms with Crippen LogP contribution in [0.4, 0.5) is 0 Å². The van der Waals surface area contributed by atoms with E-state index in [2.05, 4.69) is 40.2 Å². The maximum Gasteiger partial charge on any atom is 0.0465 e. The summed E-state index contributed by atoms with van der Waals surface area (Å²) in [6, 6.07) is 16.5. The Morgan fingerprint density at radius 1 is 1.16 bits per heavy atom. The average molecular weight is 337 g/mol. The summed E-state index contributed by atoms with van der Waals surface area (Å²) in [5, 5.41) is 0.751. The molecule has 2 aromatic carbocycles. The molecule has 1 nitrogen and oxygen atoms in total. The maximum absolute atomic E-state index is 6.38. The number of nitrogens with two attached hydrogens (primary N) is 1. The van der Waals surface area contributed by atoms with Gasteiger partial charge in [-0.05, 0) is 41.5 Å². The molecule has 0 radical (unpaired) electrons. The molecule has 3 rings (SSSR count). The van der Waals surface area contributed by atoms with Crippen LogP contribution >= 0.6 is 27.5 Å². The second-order valence-corrected chi connectivity index (χ2v) is 6.43. The molecule has 2 aromatic rings. The largest absolute Gasteiger partial charge is 0.324 e. The third kappa shape index (κ3) is 2.71. The Kier molecular flexibility index (Phi) is 3.66. The Morgan fingerprint density at radius 2 is 1.89 bits per heavy atom. The van der Waals surface area contributed by atoms with E-state index in [0.717, 1.165) is 21.5 Å². The fraction of sp³-hybridized carbons (Fsp3) is 0.250. The van der Waals surface area contributed by atoms with Gasteiger partial charge in [-0.25, -0.2) is 0 Å².